The van der Waals surface area contributed by atoms with Crippen molar-refractivity contribution >= 4 is 5.78 Å². The number of ether oxygens (including phenoxy) is 2. The molecule has 0 aromatic heterocycles. The molecule has 0 amide bonds. The first-order valence-electron chi connectivity index (χ1n) is 4.61. The molecule has 13 heavy (non-hydrogen) atoms. The van der Waals surface area contributed by atoms with Gasteiger partial charge in [-0.25, -0.2) is 0 Å². The first-order valence-corrected chi connectivity index (χ1v) is 4.61. The Morgan fingerprint density at radius 3 is 2.23 bits per heavy atom. The van der Waals surface area contributed by atoms with Crippen LogP contribution in [-0.4, -0.2) is 25.3 Å². The maximum absolute atomic E-state index is 10.6. The SMILES string of the molecule is CCOC(C/C=C/C(C)=O)OCC. The molecule has 0 bridgehead atoms. The van der Waals surface area contributed by atoms with Crippen LogP contribution in [0.2, 0.25) is 0 Å². The van der Waals surface area contributed by atoms with Crippen molar-refractivity contribution in [1.82, 2.24) is 0 Å². The summed E-state index contributed by atoms with van der Waals surface area (Å²) >= 11 is 0. The van der Waals surface area contributed by atoms with Crippen molar-refractivity contribution in [3.8, 4) is 0 Å². The van der Waals surface area contributed by atoms with E-state index < -0.39 is 0 Å². The van der Waals surface area contributed by atoms with Gasteiger partial charge in [-0.15, -0.1) is 0 Å². The monoisotopic (exact) mass is 186 g/mol. The molecule has 0 aliphatic heterocycles. The fraction of sp³-hybridized carbons (Fsp3) is 0.700. The van der Waals surface area contributed by atoms with Crippen molar-refractivity contribution in [2.45, 2.75) is 33.5 Å². The molecule has 0 saturated carbocycles. The molecule has 0 rings (SSSR count). The van der Waals surface area contributed by atoms with Gasteiger partial charge in [0.2, 0.25) is 0 Å². The predicted molar refractivity (Wildman–Crippen MR) is 51.5 cm³/mol. The number of hydrogen-bond donors (Lipinski definition) is 0. The van der Waals surface area contributed by atoms with Crippen molar-refractivity contribution in [2.75, 3.05) is 13.2 Å². The Balaban J connectivity index is 3.73. The summed E-state index contributed by atoms with van der Waals surface area (Å²) in [4.78, 5) is 10.6. The van der Waals surface area contributed by atoms with E-state index in [1.54, 1.807) is 6.08 Å². The highest BCUT2D eigenvalue weighted by molar-refractivity contribution is 5.87. The minimum absolute atomic E-state index is 0.0479. The fourth-order valence-corrected chi connectivity index (χ4v) is 0.901. The lowest BCUT2D eigenvalue weighted by atomic mass is 10.3. The molecular weight excluding hydrogens is 168 g/mol. The van der Waals surface area contributed by atoms with E-state index in [4.69, 9.17) is 9.47 Å². The molecule has 0 aromatic rings. The van der Waals surface area contributed by atoms with Crippen LogP contribution in [0, 0.1) is 0 Å². The van der Waals surface area contributed by atoms with Gasteiger partial charge in [0.05, 0.1) is 0 Å². The van der Waals surface area contributed by atoms with Gasteiger partial charge in [-0.2, -0.15) is 0 Å². The van der Waals surface area contributed by atoms with E-state index in [1.165, 1.54) is 13.0 Å². The van der Waals surface area contributed by atoms with Gasteiger partial charge < -0.3 is 9.47 Å². The van der Waals surface area contributed by atoms with E-state index in [0.29, 0.717) is 19.6 Å². The lowest BCUT2D eigenvalue weighted by Gasteiger charge is -2.14. The highest BCUT2D eigenvalue weighted by Crippen LogP contribution is 2.01. The summed E-state index contributed by atoms with van der Waals surface area (Å²) in [6.07, 6.45) is 3.72. The van der Waals surface area contributed by atoms with Crippen LogP contribution in [0.4, 0.5) is 0 Å². The molecule has 0 aromatic carbocycles. The minimum atomic E-state index is -0.217. The van der Waals surface area contributed by atoms with E-state index in [0.717, 1.165) is 0 Å². The molecule has 0 spiro atoms. The third-order valence-corrected chi connectivity index (χ3v) is 1.39. The summed E-state index contributed by atoms with van der Waals surface area (Å²) in [5, 5.41) is 0. The maximum Gasteiger partial charge on any atom is 0.160 e. The average molecular weight is 186 g/mol. The first kappa shape index (κ1) is 12.3. The molecule has 76 valence electrons. The van der Waals surface area contributed by atoms with Crippen LogP contribution in [0.25, 0.3) is 0 Å². The summed E-state index contributed by atoms with van der Waals surface area (Å²) in [5.74, 6) is 0.0479. The van der Waals surface area contributed by atoms with Gasteiger partial charge in [0.1, 0.15) is 0 Å². The van der Waals surface area contributed by atoms with E-state index in [2.05, 4.69) is 0 Å². The van der Waals surface area contributed by atoms with Gasteiger partial charge in [0.15, 0.2) is 12.1 Å². The maximum atomic E-state index is 10.6. The van der Waals surface area contributed by atoms with Crippen molar-refractivity contribution in [3.05, 3.63) is 12.2 Å². The Morgan fingerprint density at radius 2 is 1.85 bits per heavy atom. The van der Waals surface area contributed by atoms with Crippen molar-refractivity contribution in [1.29, 1.82) is 0 Å². The number of carbonyl (C=O) groups is 1. The van der Waals surface area contributed by atoms with Crippen LogP contribution in [-0.2, 0) is 14.3 Å². The highest BCUT2D eigenvalue weighted by atomic mass is 16.7. The standard InChI is InChI=1S/C10H18O3/c1-4-12-10(13-5-2)8-6-7-9(3)11/h6-7,10H,4-5,8H2,1-3H3/b7-6+. The van der Waals surface area contributed by atoms with Gasteiger partial charge >= 0.3 is 0 Å². The molecule has 0 radical (unpaired) electrons. The van der Waals surface area contributed by atoms with Gasteiger partial charge in [-0.05, 0) is 26.8 Å². The molecule has 0 heterocycles. The Labute approximate surface area is 79.7 Å². The number of carbonyl (C=O) groups excluding carboxylic acids is 1. The third kappa shape index (κ3) is 7.68. The van der Waals surface area contributed by atoms with Gasteiger partial charge in [-0.1, -0.05) is 6.08 Å². The van der Waals surface area contributed by atoms with E-state index in [1.807, 2.05) is 13.8 Å². The number of rotatable bonds is 7. The average Bonchev–Trinajstić information content (AvgIpc) is 2.04. The van der Waals surface area contributed by atoms with Crippen molar-refractivity contribution in [3.63, 3.8) is 0 Å². The van der Waals surface area contributed by atoms with Crippen molar-refractivity contribution in [2.24, 2.45) is 0 Å². The largest absolute Gasteiger partial charge is 0.353 e. The normalized spacial score (nSPS) is 11.4. The van der Waals surface area contributed by atoms with E-state index in [-0.39, 0.29) is 12.1 Å². The minimum Gasteiger partial charge on any atom is -0.353 e. The zero-order chi connectivity index (χ0) is 10.1. The smallest absolute Gasteiger partial charge is 0.160 e. The molecule has 3 heteroatoms. The van der Waals surface area contributed by atoms with Gasteiger partial charge in [0, 0.05) is 19.6 Å². The molecule has 0 unspecified atom stereocenters. The second-order valence-corrected chi connectivity index (χ2v) is 2.59. The van der Waals surface area contributed by atoms with Crippen LogP contribution in [0.3, 0.4) is 0 Å². The lowest BCUT2D eigenvalue weighted by molar-refractivity contribution is -0.133. The van der Waals surface area contributed by atoms with Crippen LogP contribution < -0.4 is 0 Å². The molecule has 0 aliphatic rings. The quantitative estimate of drug-likeness (QED) is 0.450. The van der Waals surface area contributed by atoms with Crippen molar-refractivity contribution < 1.29 is 14.3 Å². The van der Waals surface area contributed by atoms with Crippen LogP contribution in [0.1, 0.15) is 27.2 Å². The summed E-state index contributed by atoms with van der Waals surface area (Å²) in [7, 11) is 0. The Hall–Kier alpha value is -0.670. The Kier molecular flexibility index (Phi) is 7.54. The number of ketones is 1. The zero-order valence-electron chi connectivity index (χ0n) is 8.58. The second kappa shape index (κ2) is 7.95. The third-order valence-electron chi connectivity index (χ3n) is 1.39. The lowest BCUT2D eigenvalue weighted by Crippen LogP contribution is -2.16. The molecule has 0 aliphatic carbocycles. The molecule has 0 fully saturated rings. The topological polar surface area (TPSA) is 35.5 Å². The second-order valence-electron chi connectivity index (χ2n) is 2.59. The molecule has 0 N–H and O–H groups in total. The molecule has 3 nitrogen and oxygen atoms in total. The molecule has 0 saturated heterocycles. The Morgan fingerprint density at radius 1 is 1.31 bits per heavy atom. The van der Waals surface area contributed by atoms with Crippen LogP contribution in [0.15, 0.2) is 12.2 Å². The van der Waals surface area contributed by atoms with Gasteiger partial charge in [-0.3, -0.25) is 4.79 Å². The highest BCUT2D eigenvalue weighted by Gasteiger charge is 2.04. The summed E-state index contributed by atoms with van der Waals surface area (Å²) in [6.45, 7) is 6.60. The summed E-state index contributed by atoms with van der Waals surface area (Å²) < 4.78 is 10.6. The fourth-order valence-electron chi connectivity index (χ4n) is 0.901. The molecular formula is C10H18O3. The van der Waals surface area contributed by atoms with Gasteiger partial charge in [0.25, 0.3) is 0 Å². The Bertz CT molecular complexity index is 158. The zero-order valence-corrected chi connectivity index (χ0v) is 8.58. The number of allylic oxidation sites excluding steroid dienone is 1. The predicted octanol–water partition coefficient (Wildman–Crippen LogP) is 1.92. The summed E-state index contributed by atoms with van der Waals surface area (Å²) in [6, 6.07) is 0. The van der Waals surface area contributed by atoms with E-state index in [9.17, 15) is 4.79 Å². The van der Waals surface area contributed by atoms with Crippen LogP contribution >= 0.6 is 0 Å². The van der Waals surface area contributed by atoms with E-state index >= 15 is 0 Å². The summed E-state index contributed by atoms with van der Waals surface area (Å²) in [5.41, 5.74) is 0. The first-order chi connectivity index (χ1) is 6.20. The molecule has 0 atom stereocenters. The van der Waals surface area contributed by atoms with Crippen LogP contribution in [0.5, 0.6) is 0 Å². The number of hydrogen-bond acceptors (Lipinski definition) is 3.